The zero-order valence-corrected chi connectivity index (χ0v) is 10.4. The molecule has 3 aliphatic heterocycles. The summed E-state index contributed by atoms with van der Waals surface area (Å²) in [6, 6.07) is 0.784. The Balaban J connectivity index is 1.57. The van der Waals surface area contributed by atoms with Crippen LogP contribution in [0.1, 0.15) is 32.1 Å². The zero-order chi connectivity index (χ0) is 11.0. The Labute approximate surface area is 98.5 Å². The van der Waals surface area contributed by atoms with Crippen LogP contribution in [0.4, 0.5) is 0 Å². The quantitative estimate of drug-likeness (QED) is 0.711. The number of methoxy groups -OCH3 is 1. The molecule has 1 saturated carbocycles. The average molecular weight is 224 g/mol. The molecule has 0 radical (unpaired) electrons. The van der Waals surface area contributed by atoms with Crippen LogP contribution in [-0.4, -0.2) is 49.8 Å². The van der Waals surface area contributed by atoms with Crippen LogP contribution in [-0.2, 0) is 4.74 Å². The van der Waals surface area contributed by atoms with Gasteiger partial charge in [-0.15, -0.1) is 0 Å². The Bertz CT molecular complexity index is 244. The molecule has 3 nitrogen and oxygen atoms in total. The topological polar surface area (TPSA) is 24.5 Å². The minimum absolute atomic E-state index is 0.592. The van der Waals surface area contributed by atoms with E-state index in [-0.39, 0.29) is 0 Å². The van der Waals surface area contributed by atoms with Crippen molar-refractivity contribution in [3.8, 4) is 0 Å². The van der Waals surface area contributed by atoms with E-state index >= 15 is 0 Å². The molecule has 92 valence electrons. The molecule has 1 N–H and O–H groups in total. The standard InChI is InChI=1S/C13H24N2O/c1-16-10-2-7-14-12-11-3-8-15(9-4-11)13(12)5-6-13/h11-12,14H,2-10H2,1H3. The molecule has 4 rings (SSSR count). The number of fused-ring (bicyclic) bond motifs is 2. The Kier molecular flexibility index (Phi) is 2.94. The highest BCUT2D eigenvalue weighted by Gasteiger charge is 2.59. The van der Waals surface area contributed by atoms with Gasteiger partial charge in [-0.2, -0.15) is 0 Å². The van der Waals surface area contributed by atoms with Gasteiger partial charge in [0.25, 0.3) is 0 Å². The summed E-state index contributed by atoms with van der Waals surface area (Å²) >= 11 is 0. The fraction of sp³-hybridized carbons (Fsp3) is 1.00. The molecule has 1 aliphatic carbocycles. The second-order valence-corrected chi connectivity index (χ2v) is 5.71. The van der Waals surface area contributed by atoms with Gasteiger partial charge in [-0.05, 0) is 57.7 Å². The molecule has 2 bridgehead atoms. The molecular weight excluding hydrogens is 200 g/mol. The number of piperidine rings is 3. The van der Waals surface area contributed by atoms with Crippen molar-refractivity contribution in [3.63, 3.8) is 0 Å². The van der Waals surface area contributed by atoms with Crippen molar-refractivity contribution in [2.75, 3.05) is 33.4 Å². The lowest BCUT2D eigenvalue weighted by molar-refractivity contribution is -0.00318. The van der Waals surface area contributed by atoms with Crippen molar-refractivity contribution < 1.29 is 4.74 Å². The highest BCUT2D eigenvalue weighted by molar-refractivity contribution is 5.18. The maximum Gasteiger partial charge on any atom is 0.0474 e. The van der Waals surface area contributed by atoms with Crippen LogP contribution in [0.15, 0.2) is 0 Å². The van der Waals surface area contributed by atoms with E-state index in [0.29, 0.717) is 5.54 Å². The third-order valence-corrected chi connectivity index (χ3v) is 4.87. The predicted octanol–water partition coefficient (Wildman–Crippen LogP) is 1.24. The molecule has 4 fully saturated rings. The minimum atomic E-state index is 0.592. The molecule has 16 heavy (non-hydrogen) atoms. The largest absolute Gasteiger partial charge is 0.385 e. The maximum absolute atomic E-state index is 5.11. The minimum Gasteiger partial charge on any atom is -0.385 e. The zero-order valence-electron chi connectivity index (χ0n) is 10.4. The summed E-state index contributed by atoms with van der Waals surface area (Å²) in [6.45, 7) is 4.74. The second-order valence-electron chi connectivity index (χ2n) is 5.71. The van der Waals surface area contributed by atoms with Gasteiger partial charge in [-0.25, -0.2) is 0 Å². The van der Waals surface area contributed by atoms with Gasteiger partial charge < -0.3 is 10.1 Å². The first kappa shape index (κ1) is 11.0. The van der Waals surface area contributed by atoms with Gasteiger partial charge >= 0.3 is 0 Å². The number of hydrogen-bond donors (Lipinski definition) is 1. The second kappa shape index (κ2) is 4.28. The molecule has 3 saturated heterocycles. The number of nitrogens with one attached hydrogen (secondary N) is 1. The van der Waals surface area contributed by atoms with Crippen molar-refractivity contribution in [2.24, 2.45) is 5.92 Å². The van der Waals surface area contributed by atoms with Gasteiger partial charge in [-0.1, -0.05) is 0 Å². The third kappa shape index (κ3) is 1.69. The summed E-state index contributed by atoms with van der Waals surface area (Å²) in [5.74, 6) is 0.954. The molecule has 1 unspecified atom stereocenters. The van der Waals surface area contributed by atoms with Crippen LogP contribution in [0.5, 0.6) is 0 Å². The molecule has 0 aromatic heterocycles. The Hall–Kier alpha value is -0.120. The van der Waals surface area contributed by atoms with E-state index in [1.807, 2.05) is 0 Å². The van der Waals surface area contributed by atoms with Gasteiger partial charge in [-0.3, -0.25) is 4.90 Å². The SMILES string of the molecule is COCCCNC1C2CCN(CC2)C12CC2. The van der Waals surface area contributed by atoms with Crippen molar-refractivity contribution in [1.29, 1.82) is 0 Å². The van der Waals surface area contributed by atoms with Crippen LogP contribution in [0.3, 0.4) is 0 Å². The molecule has 3 heteroatoms. The van der Waals surface area contributed by atoms with E-state index in [4.69, 9.17) is 4.74 Å². The van der Waals surface area contributed by atoms with Crippen molar-refractivity contribution in [2.45, 2.75) is 43.7 Å². The number of rotatable bonds is 5. The lowest BCUT2D eigenvalue weighted by Crippen LogP contribution is -2.64. The highest BCUT2D eigenvalue weighted by atomic mass is 16.5. The van der Waals surface area contributed by atoms with Crippen LogP contribution in [0.2, 0.25) is 0 Å². The fourth-order valence-electron chi connectivity index (χ4n) is 3.90. The first-order valence-corrected chi connectivity index (χ1v) is 6.84. The summed E-state index contributed by atoms with van der Waals surface area (Å²) < 4.78 is 5.11. The van der Waals surface area contributed by atoms with E-state index in [1.165, 1.54) is 38.8 Å². The van der Waals surface area contributed by atoms with E-state index in [0.717, 1.165) is 31.5 Å². The predicted molar refractivity (Wildman–Crippen MR) is 64.5 cm³/mol. The van der Waals surface area contributed by atoms with E-state index in [2.05, 4.69) is 10.2 Å². The molecule has 0 amide bonds. The maximum atomic E-state index is 5.11. The average Bonchev–Trinajstić information content (AvgIpc) is 3.10. The molecule has 0 aromatic rings. The number of ether oxygens (including phenoxy) is 1. The Morgan fingerprint density at radius 2 is 2.06 bits per heavy atom. The number of nitrogens with zero attached hydrogens (tertiary/aromatic N) is 1. The van der Waals surface area contributed by atoms with Gasteiger partial charge in [0.15, 0.2) is 0 Å². The summed E-state index contributed by atoms with van der Waals surface area (Å²) in [4.78, 5) is 2.76. The summed E-state index contributed by atoms with van der Waals surface area (Å²) in [7, 11) is 1.79. The van der Waals surface area contributed by atoms with Gasteiger partial charge in [0, 0.05) is 25.3 Å². The monoisotopic (exact) mass is 224 g/mol. The molecule has 1 atom stereocenters. The molecular formula is C13H24N2O. The van der Waals surface area contributed by atoms with Crippen molar-refractivity contribution in [3.05, 3.63) is 0 Å². The summed E-state index contributed by atoms with van der Waals surface area (Å²) in [5, 5.41) is 3.82. The van der Waals surface area contributed by atoms with Crippen molar-refractivity contribution in [1.82, 2.24) is 10.2 Å². The van der Waals surface area contributed by atoms with Crippen molar-refractivity contribution >= 4 is 0 Å². The van der Waals surface area contributed by atoms with Crippen LogP contribution in [0, 0.1) is 5.92 Å². The lowest BCUT2D eigenvalue weighted by Gasteiger charge is -2.52. The van der Waals surface area contributed by atoms with E-state index < -0.39 is 0 Å². The highest BCUT2D eigenvalue weighted by Crippen LogP contribution is 2.53. The fourth-order valence-corrected chi connectivity index (χ4v) is 3.90. The molecule has 4 aliphatic rings. The smallest absolute Gasteiger partial charge is 0.0474 e. The normalized spacial score (nSPS) is 39.2. The molecule has 0 aromatic carbocycles. The Morgan fingerprint density at radius 1 is 1.31 bits per heavy atom. The number of hydrogen-bond acceptors (Lipinski definition) is 3. The first-order valence-electron chi connectivity index (χ1n) is 6.84. The van der Waals surface area contributed by atoms with Gasteiger partial charge in [0.2, 0.25) is 0 Å². The molecule has 1 spiro atoms. The van der Waals surface area contributed by atoms with Gasteiger partial charge in [0.05, 0.1) is 0 Å². The third-order valence-electron chi connectivity index (χ3n) is 4.87. The van der Waals surface area contributed by atoms with Crippen LogP contribution >= 0.6 is 0 Å². The van der Waals surface area contributed by atoms with E-state index in [9.17, 15) is 0 Å². The summed E-state index contributed by atoms with van der Waals surface area (Å²) in [6.07, 6.45) is 6.86. The Morgan fingerprint density at radius 3 is 2.69 bits per heavy atom. The lowest BCUT2D eigenvalue weighted by atomic mass is 9.77. The van der Waals surface area contributed by atoms with Crippen LogP contribution in [0.25, 0.3) is 0 Å². The van der Waals surface area contributed by atoms with E-state index in [1.54, 1.807) is 7.11 Å². The van der Waals surface area contributed by atoms with Crippen LogP contribution < -0.4 is 5.32 Å². The first-order chi connectivity index (χ1) is 7.87. The van der Waals surface area contributed by atoms with Gasteiger partial charge in [0.1, 0.15) is 0 Å². The molecule has 3 heterocycles. The summed E-state index contributed by atoms with van der Waals surface area (Å²) in [5.41, 5.74) is 0.592.